The summed E-state index contributed by atoms with van der Waals surface area (Å²) < 4.78 is 9.36. The summed E-state index contributed by atoms with van der Waals surface area (Å²) in [5.74, 6) is 4.20. The van der Waals surface area contributed by atoms with E-state index in [1.807, 2.05) is 12.3 Å². The van der Waals surface area contributed by atoms with Crippen molar-refractivity contribution in [2.45, 2.75) is 126 Å². The van der Waals surface area contributed by atoms with Gasteiger partial charge >= 0.3 is 0 Å². The van der Waals surface area contributed by atoms with Crippen LogP contribution in [0.4, 0.5) is 22.7 Å². The van der Waals surface area contributed by atoms with Gasteiger partial charge in [0.25, 0.3) is 0 Å². The molecule has 0 unspecified atom stereocenters. The van der Waals surface area contributed by atoms with Crippen LogP contribution in [0.1, 0.15) is 159 Å². The molecule has 0 atom stereocenters. The summed E-state index contributed by atoms with van der Waals surface area (Å²) in [5, 5.41) is 2.22. The quantitative estimate of drug-likeness (QED) is 0.108. The molecule has 2 aromatic heterocycles. The minimum absolute atomic E-state index is 0. The van der Waals surface area contributed by atoms with Crippen molar-refractivity contribution in [1.29, 1.82) is 0 Å². The molecule has 10 rings (SSSR count). The van der Waals surface area contributed by atoms with Gasteiger partial charge < -0.3 is 19.1 Å². The molecule has 1 aliphatic rings. The van der Waals surface area contributed by atoms with Gasteiger partial charge in [-0.25, -0.2) is 4.98 Å². The molecule has 0 spiro atoms. The maximum absolute atomic E-state index is 7.11. The number of nitrogens with zero attached hydrogens (tertiary/aromatic N) is 4. The number of anilines is 4. The third-order valence-electron chi connectivity index (χ3n) is 14.3. The van der Waals surface area contributed by atoms with Gasteiger partial charge in [-0.3, -0.25) is 0 Å². The molecule has 0 bridgehead atoms. The first-order valence-corrected chi connectivity index (χ1v) is 25.8. The van der Waals surface area contributed by atoms with Gasteiger partial charge in [0.15, 0.2) is 0 Å². The van der Waals surface area contributed by atoms with Crippen molar-refractivity contribution < 1.29 is 25.8 Å². The van der Waals surface area contributed by atoms with E-state index in [2.05, 4.69) is 250 Å². The van der Waals surface area contributed by atoms with Crippen molar-refractivity contribution >= 4 is 44.6 Å². The second kappa shape index (κ2) is 21.6. The van der Waals surface area contributed by atoms with Gasteiger partial charge in [-0.1, -0.05) is 169 Å². The molecule has 1 aliphatic heterocycles. The molecule has 0 amide bonds. The van der Waals surface area contributed by atoms with Crippen LogP contribution in [0.2, 0.25) is 0 Å². The van der Waals surface area contributed by atoms with E-state index in [1.165, 1.54) is 50.1 Å². The average Bonchev–Trinajstić information content (AvgIpc) is 3.92. The first kappa shape index (κ1) is 52.9. The Labute approximate surface area is 450 Å². The topological polar surface area (TPSA) is 33.5 Å². The maximum Gasteiger partial charge on any atom is 0.136 e. The number of aromatic nitrogens is 2. The molecule has 0 aliphatic carbocycles. The molecule has 5 nitrogen and oxygen atoms in total. The maximum atomic E-state index is 7.11. The zero-order chi connectivity index (χ0) is 49.8. The van der Waals surface area contributed by atoms with Crippen LogP contribution in [0.5, 0.6) is 11.5 Å². The summed E-state index contributed by atoms with van der Waals surface area (Å²) in [5.41, 5.74) is 19.1. The number of hydrogen-bond donors (Lipinski definition) is 0. The summed E-state index contributed by atoms with van der Waals surface area (Å²) >= 11 is 0. The van der Waals surface area contributed by atoms with E-state index < -0.39 is 0 Å². The molecule has 0 saturated heterocycles. The molecule has 73 heavy (non-hydrogen) atoms. The third kappa shape index (κ3) is 10.0. The number of benzene rings is 7. The van der Waals surface area contributed by atoms with E-state index in [9.17, 15) is 0 Å². The van der Waals surface area contributed by atoms with Crippen molar-refractivity contribution in [2.24, 2.45) is 0 Å². The molecule has 0 radical (unpaired) electrons. The summed E-state index contributed by atoms with van der Waals surface area (Å²) in [7, 11) is 0. The van der Waals surface area contributed by atoms with Gasteiger partial charge in [-0.2, -0.15) is 6.07 Å². The van der Waals surface area contributed by atoms with Crippen LogP contribution in [0.15, 0.2) is 146 Å². The predicted octanol–water partition coefficient (Wildman–Crippen LogP) is 19.7. The van der Waals surface area contributed by atoms with Gasteiger partial charge in [0.1, 0.15) is 5.82 Å². The average molecular weight is 1140 g/mol. The van der Waals surface area contributed by atoms with Gasteiger partial charge in [0.05, 0.1) is 0 Å². The van der Waals surface area contributed by atoms with Crippen LogP contribution in [0.3, 0.4) is 0 Å². The van der Waals surface area contributed by atoms with Crippen LogP contribution < -0.4 is 14.5 Å². The van der Waals surface area contributed by atoms with Gasteiger partial charge in [-0.05, 0) is 133 Å². The summed E-state index contributed by atoms with van der Waals surface area (Å²) in [6.07, 6.45) is 1.97. The number of hydrogen-bond acceptors (Lipinski definition) is 4. The largest absolute Gasteiger partial charge is 0.509 e. The first-order chi connectivity index (χ1) is 34.2. The molecule has 0 saturated carbocycles. The standard InChI is InChI=1S/C66H67N4O.CH4.Pt/c1-40(2)47-32-56(42(5)6)65(57(33-47)43(7)8)46-28-29-67-64(36-46)70-60-23-17-16-22-54(60)55-27-26-52(38-63(55)70)71-53-31-49(66-58(44(9)10)34-48(41(3)4)35-59(66)45(11)12)30-51(37-53)69-39-68(50-20-14-13-15-21-50)61-24-18-19-25-62(61)69;;/h13-36,39-45H,1-12H3;1H4;/q-3;;. The second-order valence-electron chi connectivity index (χ2n) is 21.3. The van der Waals surface area contributed by atoms with E-state index in [0.717, 1.165) is 55.9 Å². The molecule has 9 aromatic rings. The van der Waals surface area contributed by atoms with Gasteiger partial charge in [0.2, 0.25) is 0 Å². The molecular formula is C67H71N4OPt-3. The number of pyridine rings is 1. The summed E-state index contributed by atoms with van der Waals surface area (Å²) in [6, 6.07) is 58.2. The fourth-order valence-corrected chi connectivity index (χ4v) is 10.5. The van der Waals surface area contributed by atoms with E-state index in [4.69, 9.17) is 9.72 Å². The monoisotopic (exact) mass is 1140 g/mol. The first-order valence-electron chi connectivity index (χ1n) is 25.8. The fraction of sp³-hybridized carbons (Fsp3) is 0.284. The van der Waals surface area contributed by atoms with Crippen LogP contribution in [0, 0.1) is 18.8 Å². The Kier molecular flexibility index (Phi) is 15.6. The Hall–Kier alpha value is -6.42. The van der Waals surface area contributed by atoms with Crippen molar-refractivity contribution in [3.63, 3.8) is 0 Å². The molecule has 3 heterocycles. The Bertz CT molecular complexity index is 3360. The van der Waals surface area contributed by atoms with Crippen molar-refractivity contribution in [3.8, 4) is 39.6 Å². The van der Waals surface area contributed by atoms with E-state index in [0.29, 0.717) is 47.0 Å². The smallest absolute Gasteiger partial charge is 0.136 e. The van der Waals surface area contributed by atoms with E-state index in [-0.39, 0.29) is 28.5 Å². The van der Waals surface area contributed by atoms with Crippen molar-refractivity contribution in [2.75, 3.05) is 9.80 Å². The number of fused-ring (bicyclic) bond motifs is 4. The molecule has 0 N–H and O–H groups in total. The Morgan fingerprint density at radius 3 is 1.59 bits per heavy atom. The Morgan fingerprint density at radius 1 is 0.479 bits per heavy atom. The minimum Gasteiger partial charge on any atom is -0.509 e. The zero-order valence-corrected chi connectivity index (χ0v) is 46.2. The fourth-order valence-electron chi connectivity index (χ4n) is 10.5. The predicted molar refractivity (Wildman–Crippen MR) is 306 cm³/mol. The summed E-state index contributed by atoms with van der Waals surface area (Å²) in [4.78, 5) is 9.61. The number of para-hydroxylation sites is 4. The number of ether oxygens (including phenoxy) is 1. The van der Waals surface area contributed by atoms with Crippen molar-refractivity contribution in [1.82, 2.24) is 9.55 Å². The zero-order valence-electron chi connectivity index (χ0n) is 43.9. The molecular weight excluding hydrogens is 1070 g/mol. The molecule has 378 valence electrons. The van der Waals surface area contributed by atoms with E-state index >= 15 is 0 Å². The Morgan fingerprint density at radius 2 is 1.01 bits per heavy atom. The molecule has 0 fully saturated rings. The van der Waals surface area contributed by atoms with E-state index in [1.54, 1.807) is 0 Å². The minimum atomic E-state index is 0. The van der Waals surface area contributed by atoms with Crippen LogP contribution in [-0.4, -0.2) is 9.55 Å². The third-order valence-corrected chi connectivity index (χ3v) is 14.3. The van der Waals surface area contributed by atoms with Crippen LogP contribution >= 0.6 is 0 Å². The van der Waals surface area contributed by atoms with Gasteiger partial charge in [-0.15, -0.1) is 53.6 Å². The normalized spacial score (nSPS) is 12.5. The number of rotatable bonds is 13. The molecule has 7 aromatic carbocycles. The van der Waals surface area contributed by atoms with Crippen molar-refractivity contribution in [3.05, 3.63) is 198 Å². The second-order valence-corrected chi connectivity index (χ2v) is 21.3. The van der Waals surface area contributed by atoms with Crippen LogP contribution in [-0.2, 0) is 21.1 Å². The van der Waals surface area contributed by atoms with Gasteiger partial charge in [0, 0.05) is 61.3 Å². The van der Waals surface area contributed by atoms with Crippen LogP contribution in [0.25, 0.3) is 49.9 Å². The SMILES string of the molecule is C.CC(C)c1cc(C(C)C)c(-c2cc(Oc3[c-]c4c(cc3)c3ccccc3n4-c3cc(-c4c(C(C)C)cc(C(C)C)cc4C(C)C)ccn3)[c-]c(N3[CH-]N(c4ccccc4)c4ccccc43)c2)c(C(C)C)c1.[Pt]. The summed E-state index contributed by atoms with van der Waals surface area (Å²) in [6.45, 7) is 29.8. The Balaban J connectivity index is 0.00000356. The molecule has 6 heteroatoms.